The van der Waals surface area contributed by atoms with E-state index in [1.165, 1.54) is 12.5 Å². The molecule has 1 aliphatic carbocycles. The van der Waals surface area contributed by atoms with Crippen LogP contribution < -0.4 is 9.62 Å². The Morgan fingerprint density at radius 1 is 1.07 bits per heavy atom. The number of benzene rings is 2. The first-order chi connectivity index (χ1) is 12.9. The van der Waals surface area contributed by atoms with E-state index in [9.17, 15) is 13.2 Å². The van der Waals surface area contributed by atoms with Gasteiger partial charge in [0.05, 0.1) is 4.90 Å². The highest BCUT2D eigenvalue weighted by Crippen LogP contribution is 2.24. The first kappa shape index (κ1) is 19.6. The van der Waals surface area contributed by atoms with Gasteiger partial charge < -0.3 is 4.90 Å². The second kappa shape index (κ2) is 8.23. The number of para-hydroxylation sites is 1. The van der Waals surface area contributed by atoms with Crippen LogP contribution in [-0.2, 0) is 27.7 Å². The quantitative estimate of drug-likeness (QED) is 0.829. The number of nitrogens with zero attached hydrogens (tertiary/aromatic N) is 1. The van der Waals surface area contributed by atoms with E-state index in [1.807, 2.05) is 37.3 Å². The summed E-state index contributed by atoms with van der Waals surface area (Å²) in [7, 11) is -3.60. The SMILES string of the molecule is CC(=O)N(CCNS(=O)(=O)c1ccc2c(c1)CCCC2)c1ccccc1C. The Hall–Kier alpha value is -2.18. The second-order valence-electron chi connectivity index (χ2n) is 6.99. The summed E-state index contributed by atoms with van der Waals surface area (Å²) in [5.74, 6) is -0.114. The van der Waals surface area contributed by atoms with E-state index in [0.717, 1.165) is 42.5 Å². The Kier molecular flexibility index (Phi) is 5.97. The number of anilines is 1. The molecule has 0 radical (unpaired) electrons. The number of nitrogens with one attached hydrogen (secondary N) is 1. The fourth-order valence-corrected chi connectivity index (χ4v) is 4.64. The van der Waals surface area contributed by atoms with Gasteiger partial charge in [-0.15, -0.1) is 0 Å². The number of carbonyl (C=O) groups excluding carboxylic acids is 1. The number of amides is 1. The van der Waals surface area contributed by atoms with Crippen molar-refractivity contribution >= 4 is 21.6 Å². The van der Waals surface area contributed by atoms with Crippen LogP contribution in [0.1, 0.15) is 36.5 Å². The number of carbonyl (C=O) groups is 1. The van der Waals surface area contributed by atoms with Crippen LogP contribution in [0.15, 0.2) is 47.4 Å². The molecule has 27 heavy (non-hydrogen) atoms. The van der Waals surface area contributed by atoms with Crippen LogP contribution in [0.3, 0.4) is 0 Å². The minimum atomic E-state index is -3.60. The molecule has 0 atom stereocenters. The molecule has 1 N–H and O–H groups in total. The summed E-state index contributed by atoms with van der Waals surface area (Å²) >= 11 is 0. The van der Waals surface area contributed by atoms with E-state index < -0.39 is 10.0 Å². The zero-order chi connectivity index (χ0) is 19.4. The average molecular weight is 387 g/mol. The van der Waals surface area contributed by atoms with Crippen LogP contribution in [0.25, 0.3) is 0 Å². The zero-order valence-electron chi connectivity index (χ0n) is 15.9. The van der Waals surface area contributed by atoms with Crippen molar-refractivity contribution in [3.05, 3.63) is 59.2 Å². The first-order valence-corrected chi connectivity index (χ1v) is 10.8. The Labute approximate surface area is 161 Å². The molecule has 5 nitrogen and oxygen atoms in total. The summed E-state index contributed by atoms with van der Waals surface area (Å²) in [5.41, 5.74) is 4.17. The lowest BCUT2D eigenvalue weighted by Gasteiger charge is -2.23. The molecule has 0 aliphatic heterocycles. The summed E-state index contributed by atoms with van der Waals surface area (Å²) in [5, 5.41) is 0. The van der Waals surface area contributed by atoms with Crippen LogP contribution in [0, 0.1) is 6.92 Å². The van der Waals surface area contributed by atoms with Gasteiger partial charge in [0.2, 0.25) is 15.9 Å². The largest absolute Gasteiger partial charge is 0.311 e. The van der Waals surface area contributed by atoms with Crippen LogP contribution in [0.4, 0.5) is 5.69 Å². The Morgan fingerprint density at radius 3 is 2.48 bits per heavy atom. The number of sulfonamides is 1. The van der Waals surface area contributed by atoms with Gasteiger partial charge in [0.1, 0.15) is 0 Å². The van der Waals surface area contributed by atoms with E-state index in [-0.39, 0.29) is 19.0 Å². The molecule has 0 heterocycles. The minimum Gasteiger partial charge on any atom is -0.311 e. The molecule has 2 aromatic rings. The van der Waals surface area contributed by atoms with Crippen molar-refractivity contribution in [2.24, 2.45) is 0 Å². The summed E-state index contributed by atoms with van der Waals surface area (Å²) in [6.45, 7) is 3.87. The van der Waals surface area contributed by atoms with Crippen molar-refractivity contribution in [1.29, 1.82) is 0 Å². The molecular weight excluding hydrogens is 360 g/mol. The molecule has 144 valence electrons. The second-order valence-corrected chi connectivity index (χ2v) is 8.76. The Balaban J connectivity index is 1.69. The normalized spacial score (nSPS) is 13.9. The zero-order valence-corrected chi connectivity index (χ0v) is 16.7. The van der Waals surface area contributed by atoms with Gasteiger partial charge in [-0.1, -0.05) is 24.3 Å². The summed E-state index contributed by atoms with van der Waals surface area (Å²) < 4.78 is 28.0. The van der Waals surface area contributed by atoms with Gasteiger partial charge in [0.25, 0.3) is 0 Å². The van der Waals surface area contributed by atoms with E-state index in [1.54, 1.807) is 17.0 Å². The van der Waals surface area contributed by atoms with Crippen molar-refractivity contribution in [2.75, 3.05) is 18.0 Å². The molecule has 0 unspecified atom stereocenters. The lowest BCUT2D eigenvalue weighted by molar-refractivity contribution is -0.116. The van der Waals surface area contributed by atoms with Crippen LogP contribution >= 0.6 is 0 Å². The first-order valence-electron chi connectivity index (χ1n) is 9.34. The number of fused-ring (bicyclic) bond motifs is 1. The molecule has 0 saturated carbocycles. The highest BCUT2D eigenvalue weighted by Gasteiger charge is 2.19. The lowest BCUT2D eigenvalue weighted by atomic mass is 9.92. The molecule has 3 rings (SSSR count). The van der Waals surface area contributed by atoms with Gasteiger partial charge >= 0.3 is 0 Å². The molecule has 0 fully saturated rings. The lowest BCUT2D eigenvalue weighted by Crippen LogP contribution is -2.38. The molecule has 0 saturated heterocycles. The Bertz CT molecular complexity index is 938. The predicted octanol–water partition coefficient (Wildman–Crippen LogP) is 3.21. The van der Waals surface area contributed by atoms with Gasteiger partial charge in [-0.3, -0.25) is 4.79 Å². The van der Waals surface area contributed by atoms with Crippen molar-refractivity contribution in [3.63, 3.8) is 0 Å². The maximum absolute atomic E-state index is 12.7. The van der Waals surface area contributed by atoms with Crippen LogP contribution in [0.5, 0.6) is 0 Å². The monoisotopic (exact) mass is 386 g/mol. The molecule has 0 spiro atoms. The molecule has 1 amide bonds. The van der Waals surface area contributed by atoms with E-state index >= 15 is 0 Å². The predicted molar refractivity (Wildman–Crippen MR) is 107 cm³/mol. The summed E-state index contributed by atoms with van der Waals surface area (Å²) in [4.78, 5) is 13.9. The highest BCUT2D eigenvalue weighted by atomic mass is 32.2. The third kappa shape index (κ3) is 4.57. The number of hydrogen-bond donors (Lipinski definition) is 1. The fourth-order valence-electron chi connectivity index (χ4n) is 3.57. The van der Waals surface area contributed by atoms with Crippen molar-refractivity contribution in [2.45, 2.75) is 44.4 Å². The third-order valence-corrected chi connectivity index (χ3v) is 6.50. The molecule has 6 heteroatoms. The van der Waals surface area contributed by atoms with Gasteiger partial charge in [0, 0.05) is 25.7 Å². The number of aryl methyl sites for hydroxylation is 3. The molecule has 0 aromatic heterocycles. The smallest absolute Gasteiger partial charge is 0.240 e. The van der Waals surface area contributed by atoms with E-state index in [0.29, 0.717) is 4.90 Å². The molecule has 2 aromatic carbocycles. The Morgan fingerprint density at radius 2 is 1.78 bits per heavy atom. The third-order valence-electron chi connectivity index (χ3n) is 5.04. The standard InChI is InChI=1S/C21H26N2O3S/c1-16-7-3-6-10-21(16)23(17(2)24)14-13-22-27(25,26)20-12-11-18-8-4-5-9-19(18)15-20/h3,6-7,10-12,15,22H,4-5,8-9,13-14H2,1-2H3. The number of rotatable bonds is 6. The summed E-state index contributed by atoms with van der Waals surface area (Å²) in [6, 6.07) is 13.0. The molecule has 0 bridgehead atoms. The fraction of sp³-hybridized carbons (Fsp3) is 0.381. The maximum Gasteiger partial charge on any atom is 0.240 e. The van der Waals surface area contributed by atoms with Crippen LogP contribution in [-0.4, -0.2) is 27.4 Å². The minimum absolute atomic E-state index is 0.114. The highest BCUT2D eigenvalue weighted by molar-refractivity contribution is 7.89. The summed E-state index contributed by atoms with van der Waals surface area (Å²) in [6.07, 6.45) is 4.22. The van der Waals surface area contributed by atoms with Gasteiger partial charge in [-0.05, 0) is 67.5 Å². The van der Waals surface area contributed by atoms with Crippen molar-refractivity contribution < 1.29 is 13.2 Å². The van der Waals surface area contributed by atoms with Gasteiger partial charge in [-0.25, -0.2) is 13.1 Å². The van der Waals surface area contributed by atoms with E-state index in [2.05, 4.69) is 4.72 Å². The van der Waals surface area contributed by atoms with Crippen molar-refractivity contribution in [1.82, 2.24) is 4.72 Å². The topological polar surface area (TPSA) is 66.5 Å². The van der Waals surface area contributed by atoms with E-state index in [4.69, 9.17) is 0 Å². The van der Waals surface area contributed by atoms with Crippen molar-refractivity contribution in [3.8, 4) is 0 Å². The van der Waals surface area contributed by atoms with Crippen LogP contribution in [0.2, 0.25) is 0 Å². The average Bonchev–Trinajstić information content (AvgIpc) is 2.65. The molecule has 1 aliphatic rings. The molecular formula is C21H26N2O3S. The van der Waals surface area contributed by atoms with Gasteiger partial charge in [0.15, 0.2) is 0 Å². The maximum atomic E-state index is 12.7. The van der Waals surface area contributed by atoms with Gasteiger partial charge in [-0.2, -0.15) is 0 Å². The number of hydrogen-bond acceptors (Lipinski definition) is 3.